The maximum Gasteiger partial charge on any atom is 0.424 e. The minimum Gasteiger partial charge on any atom is -0.632 e. The highest BCUT2D eigenvalue weighted by molar-refractivity contribution is 6.22. The molecule has 4 heteroatoms. The molecule has 3 nitrogen and oxygen atoms in total. The van der Waals surface area contributed by atoms with E-state index in [2.05, 4.69) is 56.4 Å². The highest BCUT2D eigenvalue weighted by Gasteiger charge is 2.23. The number of hydrogen-bond donors (Lipinski definition) is 0. The molecule has 0 fully saturated rings. The fourth-order valence-corrected chi connectivity index (χ4v) is 2.54. The number of rotatable bonds is 3. The highest BCUT2D eigenvalue weighted by Crippen LogP contribution is 2.28. The summed E-state index contributed by atoms with van der Waals surface area (Å²) in [4.78, 5) is 0. The van der Waals surface area contributed by atoms with Crippen molar-refractivity contribution in [3.05, 3.63) is 59.9 Å². The zero-order valence-corrected chi connectivity index (χ0v) is 15.1. The largest absolute Gasteiger partial charge is 0.632 e. The first-order chi connectivity index (χ1) is 10.4. The summed E-state index contributed by atoms with van der Waals surface area (Å²) in [7, 11) is 3.29. The highest BCUT2D eigenvalue weighted by atomic mass is 28.2. The van der Waals surface area contributed by atoms with Gasteiger partial charge in [-0.3, -0.25) is 0 Å². The molecule has 0 amide bonds. The molecule has 1 aliphatic heterocycles. The summed E-state index contributed by atoms with van der Waals surface area (Å²) in [6.45, 7) is 10.2. The zero-order chi connectivity index (χ0) is 16.6. The molecule has 0 N–H and O–H groups in total. The Hall–Kier alpha value is -1.65. The van der Waals surface area contributed by atoms with Crippen molar-refractivity contribution in [1.82, 2.24) is 0 Å². The van der Waals surface area contributed by atoms with Crippen molar-refractivity contribution >= 4 is 15.8 Å². The van der Waals surface area contributed by atoms with Gasteiger partial charge in [0.05, 0.1) is 17.4 Å². The second kappa shape index (κ2) is 8.71. The van der Waals surface area contributed by atoms with Gasteiger partial charge < -0.3 is 13.3 Å². The van der Waals surface area contributed by atoms with E-state index in [4.69, 9.17) is 8.54 Å². The van der Waals surface area contributed by atoms with Crippen LogP contribution in [0.25, 0.3) is 0 Å². The predicted molar refractivity (Wildman–Crippen MR) is 92.0 cm³/mol. The van der Waals surface area contributed by atoms with Crippen LogP contribution in [0, 0.1) is 5.41 Å². The molecule has 1 aliphatic rings. The van der Waals surface area contributed by atoms with E-state index in [0.29, 0.717) is 0 Å². The fraction of sp³-hybridized carbons (Fsp3) is 0.389. The van der Waals surface area contributed by atoms with Crippen LogP contribution in [0.4, 0.5) is 0 Å². The van der Waals surface area contributed by atoms with Crippen LogP contribution in [0.5, 0.6) is 0 Å². The van der Waals surface area contributed by atoms with Gasteiger partial charge in [0.25, 0.3) is 5.78 Å². The van der Waals surface area contributed by atoms with Gasteiger partial charge in [0.1, 0.15) is 0 Å². The summed E-state index contributed by atoms with van der Waals surface area (Å²) in [5, 5.41) is 0. The summed E-state index contributed by atoms with van der Waals surface area (Å²) < 4.78 is 15.5. The second-order valence-corrected chi connectivity index (χ2v) is 6.58. The molecule has 1 radical (unpaired) electrons. The Balaban J connectivity index is 0.000000745. The third-order valence-electron chi connectivity index (χ3n) is 2.92. The molecular formula is C18H25O3Si. The van der Waals surface area contributed by atoms with Gasteiger partial charge in [0, 0.05) is 19.6 Å². The van der Waals surface area contributed by atoms with Crippen molar-refractivity contribution in [3.8, 4) is 0 Å². The number of hydrogen-bond acceptors (Lipinski definition) is 2. The normalized spacial score (nSPS) is 13.7. The number of methoxy groups -OCH3 is 1. The van der Waals surface area contributed by atoms with Gasteiger partial charge in [-0.15, -0.1) is 6.58 Å². The first-order valence-corrected chi connectivity index (χ1v) is 8.02. The Bertz CT molecular complexity index is 536. The van der Waals surface area contributed by atoms with E-state index in [1.165, 1.54) is 5.56 Å². The fourth-order valence-electron chi connectivity index (χ4n) is 1.77. The van der Waals surface area contributed by atoms with Crippen LogP contribution < -0.4 is 0 Å². The van der Waals surface area contributed by atoms with Crippen molar-refractivity contribution < 1.29 is 13.3 Å². The molecular weight excluding hydrogens is 292 g/mol. The Morgan fingerprint density at radius 1 is 1.23 bits per heavy atom. The molecule has 1 aromatic carbocycles. The van der Waals surface area contributed by atoms with Crippen LogP contribution in [0.2, 0.25) is 0 Å². The smallest absolute Gasteiger partial charge is 0.424 e. The molecule has 0 bridgehead atoms. The number of carbonyl (C=O) groups excluding carboxylic acids is 1. The second-order valence-electron chi connectivity index (χ2n) is 6.01. The van der Waals surface area contributed by atoms with Crippen molar-refractivity contribution in [2.24, 2.45) is 5.41 Å². The van der Waals surface area contributed by atoms with E-state index < -0.39 is 0 Å². The van der Waals surface area contributed by atoms with E-state index in [0.717, 1.165) is 23.5 Å². The molecule has 0 atom stereocenters. The molecule has 0 unspecified atom stereocenters. The standard InChI is InChI=1S/C16H19O2Si.C2H6O/c1-5-6-12-7-9-13(10-8-12)14-11-15(16(2,3)4)18-19-17-14;1-3-2/h5,7-11H,1,6H2,2-4H3;1-2H3. The molecule has 2 rings (SSSR count). The van der Waals surface area contributed by atoms with Crippen molar-refractivity contribution in [3.63, 3.8) is 0 Å². The van der Waals surface area contributed by atoms with Crippen LogP contribution >= 0.6 is 0 Å². The lowest BCUT2D eigenvalue weighted by molar-refractivity contribution is -0.109. The first kappa shape index (κ1) is 18.4. The summed E-state index contributed by atoms with van der Waals surface area (Å²) in [6, 6.07) is 8.38. The lowest BCUT2D eigenvalue weighted by Gasteiger charge is -2.27. The quantitative estimate of drug-likeness (QED) is 0.481. The van der Waals surface area contributed by atoms with Crippen LogP contribution in [0.3, 0.4) is 0 Å². The van der Waals surface area contributed by atoms with E-state index in [1.54, 1.807) is 14.2 Å². The first-order valence-electron chi connectivity index (χ1n) is 7.20. The maximum absolute atomic E-state index is 5.61. The Kier molecular flexibility index (Phi) is 7.28. The van der Waals surface area contributed by atoms with Gasteiger partial charge in [-0.05, 0) is 24.1 Å². The third kappa shape index (κ3) is 5.62. The molecule has 0 aromatic heterocycles. The van der Waals surface area contributed by atoms with Crippen molar-refractivity contribution in [1.29, 1.82) is 0 Å². The van der Waals surface area contributed by atoms with Crippen LogP contribution in [0.15, 0.2) is 48.8 Å². The van der Waals surface area contributed by atoms with E-state index in [9.17, 15) is 0 Å². The minimum absolute atomic E-state index is 0.00477. The van der Waals surface area contributed by atoms with Gasteiger partial charge in [0.15, 0.2) is 0 Å². The van der Waals surface area contributed by atoms with E-state index in [1.807, 2.05) is 12.2 Å². The average Bonchev–Trinajstić information content (AvgIpc) is 2.48. The van der Waals surface area contributed by atoms with Crippen LogP contribution in [-0.2, 0) is 15.6 Å². The molecule has 119 valence electrons. The molecule has 0 saturated carbocycles. The van der Waals surface area contributed by atoms with Crippen molar-refractivity contribution in [2.45, 2.75) is 27.2 Å². The van der Waals surface area contributed by atoms with Crippen molar-refractivity contribution in [2.75, 3.05) is 14.2 Å². The van der Waals surface area contributed by atoms with Gasteiger partial charge in [-0.1, -0.05) is 39.0 Å². The Morgan fingerprint density at radius 3 is 2.32 bits per heavy atom. The zero-order valence-electron chi connectivity index (χ0n) is 14.1. The van der Waals surface area contributed by atoms with Gasteiger partial charge >= 0.3 is 10.0 Å². The lowest BCUT2D eigenvalue weighted by Crippen LogP contribution is -2.20. The van der Waals surface area contributed by atoms with Gasteiger partial charge in [-0.25, -0.2) is 0 Å². The Morgan fingerprint density at radius 2 is 1.82 bits per heavy atom. The topological polar surface area (TPSA) is 29.8 Å². The summed E-state index contributed by atoms with van der Waals surface area (Å²) in [5.41, 5.74) is 2.35. The SMILES string of the molecule is C=CCc1ccc(C2=[O+][Si-]OC(C(C)(C)C)=C2)cc1.COC. The number of ketones is 1. The molecule has 0 saturated heterocycles. The van der Waals surface area contributed by atoms with Crippen LogP contribution in [0.1, 0.15) is 36.0 Å². The molecule has 22 heavy (non-hydrogen) atoms. The third-order valence-corrected chi connectivity index (χ3v) is 3.53. The maximum atomic E-state index is 5.61. The molecule has 1 heterocycles. The summed E-state index contributed by atoms with van der Waals surface area (Å²) in [6.07, 6.45) is 4.80. The monoisotopic (exact) mass is 317 g/mol. The molecule has 0 aliphatic carbocycles. The predicted octanol–water partition coefficient (Wildman–Crippen LogP) is 3.89. The molecule has 1 aromatic rings. The number of ether oxygens (including phenoxy) is 1. The van der Waals surface area contributed by atoms with Gasteiger partial charge in [-0.2, -0.15) is 0 Å². The number of allylic oxidation sites excluding steroid dienone is 3. The minimum atomic E-state index is 0.00477. The van der Waals surface area contributed by atoms with E-state index >= 15 is 0 Å². The van der Waals surface area contributed by atoms with E-state index in [-0.39, 0.29) is 15.4 Å². The van der Waals surface area contributed by atoms with Gasteiger partial charge in [0.2, 0.25) is 0 Å². The summed E-state index contributed by atoms with van der Waals surface area (Å²) in [5.74, 6) is 1.86. The Labute approximate surface area is 136 Å². The van der Waals surface area contributed by atoms with Crippen LogP contribution in [-0.4, -0.2) is 30.0 Å². The lowest BCUT2D eigenvalue weighted by atomic mass is 9.92. The average molecular weight is 317 g/mol. The summed E-state index contributed by atoms with van der Waals surface area (Å²) >= 11 is 0. The number of benzene rings is 1. The molecule has 0 spiro atoms.